The molecule has 0 fully saturated rings. The summed E-state index contributed by atoms with van der Waals surface area (Å²) in [5, 5.41) is 21.8. The lowest BCUT2D eigenvalue weighted by atomic mass is 10.2. The highest BCUT2D eigenvalue weighted by atomic mass is 16.6. The van der Waals surface area contributed by atoms with Crippen LogP contribution in [0.15, 0.2) is 30.5 Å². The molecule has 2 rings (SSSR count). The minimum Gasteiger partial charge on any atom is -0.258 e. The summed E-state index contributed by atoms with van der Waals surface area (Å²) >= 11 is 0. The summed E-state index contributed by atoms with van der Waals surface area (Å²) in [5.74, 6) is 0. The predicted molar refractivity (Wildman–Crippen MR) is 55.1 cm³/mol. The number of pyridine rings is 1. The highest BCUT2D eigenvalue weighted by Gasteiger charge is 2.24. The molecule has 0 bridgehead atoms. The molecule has 0 aliphatic rings. The van der Waals surface area contributed by atoms with Crippen molar-refractivity contribution in [3.8, 4) is 0 Å². The molecule has 0 saturated heterocycles. The summed E-state index contributed by atoms with van der Waals surface area (Å²) in [7, 11) is 0. The summed E-state index contributed by atoms with van der Waals surface area (Å²) in [4.78, 5) is 23.6. The van der Waals surface area contributed by atoms with Crippen LogP contribution in [0.3, 0.4) is 0 Å². The van der Waals surface area contributed by atoms with Gasteiger partial charge in [0.1, 0.15) is 0 Å². The maximum Gasteiger partial charge on any atom is 0.348 e. The molecule has 0 amide bonds. The van der Waals surface area contributed by atoms with Crippen molar-refractivity contribution in [3.05, 3.63) is 50.7 Å². The van der Waals surface area contributed by atoms with Gasteiger partial charge in [0.15, 0.2) is 0 Å². The van der Waals surface area contributed by atoms with E-state index in [9.17, 15) is 20.2 Å². The molecule has 0 aliphatic carbocycles. The van der Waals surface area contributed by atoms with E-state index in [0.717, 1.165) is 12.1 Å². The second-order valence-corrected chi connectivity index (χ2v) is 3.05. The SMILES string of the molecule is O=[N+]([O-])c1cc2cccnc2cc1[N+](=O)[O-]. The smallest absolute Gasteiger partial charge is 0.258 e. The summed E-state index contributed by atoms with van der Waals surface area (Å²) in [5.41, 5.74) is -0.707. The third-order valence-electron chi connectivity index (χ3n) is 2.09. The van der Waals surface area contributed by atoms with E-state index in [-0.39, 0.29) is 0 Å². The van der Waals surface area contributed by atoms with E-state index < -0.39 is 21.2 Å². The summed E-state index contributed by atoms with van der Waals surface area (Å²) in [6.07, 6.45) is 1.47. The molecule has 1 heterocycles. The van der Waals surface area contributed by atoms with E-state index in [0.29, 0.717) is 10.9 Å². The van der Waals surface area contributed by atoms with Crippen molar-refractivity contribution < 1.29 is 9.85 Å². The molecular formula is C9H5N3O4. The summed E-state index contributed by atoms with van der Waals surface area (Å²) in [6, 6.07) is 5.48. The molecule has 7 nitrogen and oxygen atoms in total. The Kier molecular flexibility index (Phi) is 2.20. The molecule has 0 atom stereocenters. The van der Waals surface area contributed by atoms with E-state index in [1.54, 1.807) is 12.1 Å². The Morgan fingerprint density at radius 2 is 1.69 bits per heavy atom. The highest BCUT2D eigenvalue weighted by Crippen LogP contribution is 2.30. The Balaban J connectivity index is 2.81. The Labute approximate surface area is 88.6 Å². The van der Waals surface area contributed by atoms with Crippen molar-refractivity contribution in [1.29, 1.82) is 0 Å². The second kappa shape index (κ2) is 3.54. The number of benzene rings is 1. The molecular weight excluding hydrogens is 214 g/mol. The van der Waals surface area contributed by atoms with E-state index in [2.05, 4.69) is 4.98 Å². The molecule has 0 spiro atoms. The first kappa shape index (κ1) is 9.97. The van der Waals surface area contributed by atoms with Crippen LogP contribution in [0.5, 0.6) is 0 Å². The number of nitro benzene ring substituents is 2. The van der Waals surface area contributed by atoms with Crippen LogP contribution in [-0.4, -0.2) is 14.8 Å². The lowest BCUT2D eigenvalue weighted by Crippen LogP contribution is -1.96. The first-order valence-electron chi connectivity index (χ1n) is 4.27. The van der Waals surface area contributed by atoms with Crippen LogP contribution in [0, 0.1) is 20.2 Å². The number of nitrogens with zero attached hydrogens (tertiary/aromatic N) is 3. The average molecular weight is 219 g/mol. The van der Waals surface area contributed by atoms with Gasteiger partial charge in [0, 0.05) is 23.7 Å². The van der Waals surface area contributed by atoms with Gasteiger partial charge in [-0.1, -0.05) is 6.07 Å². The number of fused-ring (bicyclic) bond motifs is 1. The highest BCUT2D eigenvalue weighted by molar-refractivity contribution is 5.85. The fourth-order valence-electron chi connectivity index (χ4n) is 1.39. The van der Waals surface area contributed by atoms with Crippen LogP contribution in [0.4, 0.5) is 11.4 Å². The number of rotatable bonds is 2. The average Bonchev–Trinajstić information content (AvgIpc) is 2.27. The molecule has 0 unspecified atom stereocenters. The molecule has 0 saturated carbocycles. The predicted octanol–water partition coefficient (Wildman–Crippen LogP) is 2.05. The maximum atomic E-state index is 10.7. The third kappa shape index (κ3) is 1.54. The Morgan fingerprint density at radius 1 is 1.06 bits per heavy atom. The minimum atomic E-state index is -0.785. The van der Waals surface area contributed by atoms with Crippen molar-refractivity contribution in [2.75, 3.05) is 0 Å². The van der Waals surface area contributed by atoms with Crippen LogP contribution in [0.2, 0.25) is 0 Å². The monoisotopic (exact) mass is 219 g/mol. The molecule has 7 heteroatoms. The topological polar surface area (TPSA) is 99.2 Å². The maximum absolute atomic E-state index is 10.7. The molecule has 0 radical (unpaired) electrons. The normalized spacial score (nSPS) is 10.2. The lowest BCUT2D eigenvalue weighted by molar-refractivity contribution is -0.422. The summed E-state index contributed by atoms with van der Waals surface area (Å²) < 4.78 is 0. The number of hydrogen-bond acceptors (Lipinski definition) is 5. The zero-order valence-corrected chi connectivity index (χ0v) is 7.86. The van der Waals surface area contributed by atoms with Gasteiger partial charge in [-0.2, -0.15) is 0 Å². The molecule has 16 heavy (non-hydrogen) atoms. The first-order chi connectivity index (χ1) is 7.59. The number of nitro groups is 2. The molecule has 1 aromatic carbocycles. The van der Waals surface area contributed by atoms with Crippen molar-refractivity contribution in [1.82, 2.24) is 4.98 Å². The second-order valence-electron chi connectivity index (χ2n) is 3.05. The van der Waals surface area contributed by atoms with Crippen molar-refractivity contribution in [3.63, 3.8) is 0 Å². The van der Waals surface area contributed by atoms with Crippen molar-refractivity contribution >= 4 is 22.3 Å². The molecule has 80 valence electrons. The van der Waals surface area contributed by atoms with E-state index >= 15 is 0 Å². The van der Waals surface area contributed by atoms with Crippen LogP contribution in [0.1, 0.15) is 0 Å². The van der Waals surface area contributed by atoms with Gasteiger partial charge in [-0.15, -0.1) is 0 Å². The number of hydrogen-bond donors (Lipinski definition) is 0. The van der Waals surface area contributed by atoms with Gasteiger partial charge in [-0.3, -0.25) is 25.2 Å². The van der Waals surface area contributed by atoms with Gasteiger partial charge < -0.3 is 0 Å². The summed E-state index contributed by atoms with van der Waals surface area (Å²) in [6.45, 7) is 0. The molecule has 2 aromatic rings. The van der Waals surface area contributed by atoms with Crippen molar-refractivity contribution in [2.45, 2.75) is 0 Å². The van der Waals surface area contributed by atoms with Crippen LogP contribution < -0.4 is 0 Å². The fourth-order valence-corrected chi connectivity index (χ4v) is 1.39. The molecule has 1 aromatic heterocycles. The van der Waals surface area contributed by atoms with E-state index in [1.807, 2.05) is 0 Å². The van der Waals surface area contributed by atoms with Gasteiger partial charge in [-0.05, 0) is 6.07 Å². The zero-order chi connectivity index (χ0) is 11.7. The largest absolute Gasteiger partial charge is 0.348 e. The molecule has 0 N–H and O–H groups in total. The van der Waals surface area contributed by atoms with Gasteiger partial charge in [0.05, 0.1) is 15.4 Å². The van der Waals surface area contributed by atoms with Gasteiger partial charge in [-0.25, -0.2) is 0 Å². The van der Waals surface area contributed by atoms with Gasteiger partial charge in [0.25, 0.3) is 0 Å². The Morgan fingerprint density at radius 3 is 2.31 bits per heavy atom. The van der Waals surface area contributed by atoms with Crippen LogP contribution >= 0.6 is 0 Å². The van der Waals surface area contributed by atoms with Gasteiger partial charge >= 0.3 is 11.4 Å². The third-order valence-corrected chi connectivity index (χ3v) is 2.09. The lowest BCUT2D eigenvalue weighted by Gasteiger charge is -1.98. The van der Waals surface area contributed by atoms with Crippen molar-refractivity contribution in [2.24, 2.45) is 0 Å². The van der Waals surface area contributed by atoms with E-state index in [1.165, 1.54) is 6.20 Å². The van der Waals surface area contributed by atoms with Crippen LogP contribution in [-0.2, 0) is 0 Å². The van der Waals surface area contributed by atoms with Gasteiger partial charge in [0.2, 0.25) is 0 Å². The first-order valence-corrected chi connectivity index (χ1v) is 4.27. The molecule has 0 aliphatic heterocycles. The zero-order valence-electron chi connectivity index (χ0n) is 7.86. The standard InChI is InChI=1S/C9H5N3O4/c13-11(14)8-4-6-2-1-3-10-7(6)5-9(8)12(15)16/h1-5H. The Hall–Kier alpha value is -2.57. The fraction of sp³-hybridized carbons (Fsp3) is 0. The minimum absolute atomic E-state index is 0.361. The van der Waals surface area contributed by atoms with E-state index in [4.69, 9.17) is 0 Å². The number of aromatic nitrogens is 1. The quantitative estimate of drug-likeness (QED) is 0.568. The Bertz CT molecular complexity index is 544. The van der Waals surface area contributed by atoms with Crippen LogP contribution in [0.25, 0.3) is 10.9 Å².